The van der Waals surface area contributed by atoms with Crippen molar-refractivity contribution in [2.24, 2.45) is 0 Å². The van der Waals surface area contributed by atoms with Crippen molar-refractivity contribution in [3.63, 3.8) is 0 Å². The summed E-state index contributed by atoms with van der Waals surface area (Å²) in [5.41, 5.74) is 1.40. The van der Waals surface area contributed by atoms with Crippen LogP contribution >= 0.6 is 0 Å². The van der Waals surface area contributed by atoms with Crippen molar-refractivity contribution in [2.75, 3.05) is 14.2 Å². The molecule has 0 fully saturated rings. The summed E-state index contributed by atoms with van der Waals surface area (Å²) in [7, 11) is 3.37. The van der Waals surface area contributed by atoms with Crippen molar-refractivity contribution >= 4 is 10.8 Å². The first-order valence-corrected chi connectivity index (χ1v) is 7.43. The molecule has 2 heteroatoms. The minimum atomic E-state index is 0.795. The number of rotatable bonds is 7. The molecule has 0 aliphatic carbocycles. The van der Waals surface area contributed by atoms with Gasteiger partial charge < -0.3 is 9.47 Å². The predicted octanol–water partition coefficient (Wildman–Crippen LogP) is 4.98. The van der Waals surface area contributed by atoms with Crippen LogP contribution in [0.25, 0.3) is 10.8 Å². The van der Waals surface area contributed by atoms with Gasteiger partial charge >= 0.3 is 0 Å². The van der Waals surface area contributed by atoms with Crippen molar-refractivity contribution in [2.45, 2.75) is 39.0 Å². The molecule has 108 valence electrons. The second kappa shape index (κ2) is 7.18. The van der Waals surface area contributed by atoms with Gasteiger partial charge in [0.1, 0.15) is 0 Å². The zero-order valence-electron chi connectivity index (χ0n) is 12.7. The first-order valence-electron chi connectivity index (χ1n) is 7.43. The Hall–Kier alpha value is -1.70. The summed E-state index contributed by atoms with van der Waals surface area (Å²) in [6.45, 7) is 2.25. The lowest BCUT2D eigenvalue weighted by Crippen LogP contribution is -1.93. The van der Waals surface area contributed by atoms with Crippen LogP contribution in [0.4, 0.5) is 0 Å². The molecule has 0 N–H and O–H groups in total. The molecule has 0 unspecified atom stereocenters. The second-order valence-electron chi connectivity index (χ2n) is 5.16. The van der Waals surface area contributed by atoms with Crippen LogP contribution in [0.1, 0.15) is 38.2 Å². The Labute approximate surface area is 121 Å². The summed E-state index contributed by atoms with van der Waals surface area (Å²) >= 11 is 0. The smallest absolute Gasteiger partial charge is 0.161 e. The standard InChI is InChI=1S/C18H24O2/c1-4-5-6-7-9-14-10-8-11-15-12-17(19-2)18(20-3)13-16(14)15/h8,10-13H,4-7,9H2,1-3H3. The van der Waals surface area contributed by atoms with E-state index in [1.165, 1.54) is 42.0 Å². The minimum absolute atomic E-state index is 0.795. The Kier molecular flexibility index (Phi) is 5.28. The summed E-state index contributed by atoms with van der Waals surface area (Å²) in [5.74, 6) is 1.60. The molecule has 0 aliphatic heterocycles. The molecule has 0 atom stereocenters. The lowest BCUT2D eigenvalue weighted by Gasteiger charge is -2.12. The lowest BCUT2D eigenvalue weighted by molar-refractivity contribution is 0.356. The van der Waals surface area contributed by atoms with Gasteiger partial charge in [-0.15, -0.1) is 0 Å². The second-order valence-corrected chi connectivity index (χ2v) is 5.16. The molecule has 0 aliphatic rings. The van der Waals surface area contributed by atoms with E-state index in [0.717, 1.165) is 17.9 Å². The highest BCUT2D eigenvalue weighted by Crippen LogP contribution is 2.34. The Bertz CT molecular complexity index is 561. The van der Waals surface area contributed by atoms with Crippen molar-refractivity contribution in [1.82, 2.24) is 0 Å². The molecule has 2 rings (SSSR count). The predicted molar refractivity (Wildman–Crippen MR) is 84.9 cm³/mol. The van der Waals surface area contributed by atoms with Crippen LogP contribution in [0.15, 0.2) is 30.3 Å². The fraction of sp³-hybridized carbons (Fsp3) is 0.444. The summed E-state index contributed by atoms with van der Waals surface area (Å²) < 4.78 is 10.8. The van der Waals surface area contributed by atoms with E-state index in [4.69, 9.17) is 9.47 Å². The zero-order valence-corrected chi connectivity index (χ0v) is 12.7. The van der Waals surface area contributed by atoms with Gasteiger partial charge in [0, 0.05) is 0 Å². The van der Waals surface area contributed by atoms with E-state index in [-0.39, 0.29) is 0 Å². The van der Waals surface area contributed by atoms with Gasteiger partial charge in [0.05, 0.1) is 14.2 Å². The van der Waals surface area contributed by atoms with E-state index < -0.39 is 0 Å². The van der Waals surface area contributed by atoms with E-state index in [0.29, 0.717) is 0 Å². The van der Waals surface area contributed by atoms with E-state index in [2.05, 4.69) is 37.3 Å². The molecule has 2 aromatic carbocycles. The SMILES string of the molecule is CCCCCCc1cccc2cc(OC)c(OC)cc12. The first kappa shape index (κ1) is 14.7. The van der Waals surface area contributed by atoms with Gasteiger partial charge in [-0.1, -0.05) is 44.4 Å². The van der Waals surface area contributed by atoms with Crippen LogP contribution in [0.5, 0.6) is 11.5 Å². The molecule has 0 heterocycles. The molecule has 0 amide bonds. The van der Waals surface area contributed by atoms with Crippen molar-refractivity contribution < 1.29 is 9.47 Å². The molecule has 0 radical (unpaired) electrons. The third kappa shape index (κ3) is 3.24. The number of ether oxygens (including phenoxy) is 2. The number of fused-ring (bicyclic) bond motifs is 1. The molecule has 0 saturated carbocycles. The van der Waals surface area contributed by atoms with Crippen LogP contribution in [0, 0.1) is 0 Å². The van der Waals surface area contributed by atoms with Crippen LogP contribution in [0.2, 0.25) is 0 Å². The third-order valence-corrected chi connectivity index (χ3v) is 3.77. The summed E-state index contributed by atoms with van der Waals surface area (Å²) in [6, 6.07) is 10.6. The highest BCUT2D eigenvalue weighted by atomic mass is 16.5. The molecule has 0 aromatic heterocycles. The van der Waals surface area contributed by atoms with Crippen LogP contribution < -0.4 is 9.47 Å². The molecular formula is C18H24O2. The molecule has 20 heavy (non-hydrogen) atoms. The maximum absolute atomic E-state index is 5.42. The van der Waals surface area contributed by atoms with Crippen LogP contribution in [-0.4, -0.2) is 14.2 Å². The molecule has 2 nitrogen and oxygen atoms in total. The van der Waals surface area contributed by atoms with Crippen LogP contribution in [-0.2, 0) is 6.42 Å². The Balaban J connectivity index is 2.30. The number of benzene rings is 2. The van der Waals surface area contributed by atoms with E-state index in [1.54, 1.807) is 14.2 Å². The third-order valence-electron chi connectivity index (χ3n) is 3.77. The van der Waals surface area contributed by atoms with Gasteiger partial charge in [-0.25, -0.2) is 0 Å². The van der Waals surface area contributed by atoms with E-state index in [9.17, 15) is 0 Å². The van der Waals surface area contributed by atoms with Gasteiger partial charge in [-0.2, -0.15) is 0 Å². The van der Waals surface area contributed by atoms with Gasteiger partial charge in [0.15, 0.2) is 11.5 Å². The molecule has 2 aromatic rings. The fourth-order valence-electron chi connectivity index (χ4n) is 2.63. The van der Waals surface area contributed by atoms with Gasteiger partial charge in [-0.05, 0) is 41.3 Å². The highest BCUT2D eigenvalue weighted by Gasteiger charge is 2.08. The van der Waals surface area contributed by atoms with Gasteiger partial charge in [-0.3, -0.25) is 0 Å². The summed E-state index contributed by atoms with van der Waals surface area (Å²) in [6.07, 6.45) is 6.29. The Morgan fingerprint density at radius 3 is 2.35 bits per heavy atom. The number of methoxy groups -OCH3 is 2. The zero-order chi connectivity index (χ0) is 14.4. The maximum Gasteiger partial charge on any atom is 0.161 e. The Morgan fingerprint density at radius 2 is 1.65 bits per heavy atom. The number of unbranched alkanes of at least 4 members (excludes halogenated alkanes) is 3. The lowest BCUT2D eigenvalue weighted by atomic mass is 9.99. The van der Waals surface area contributed by atoms with Gasteiger partial charge in [0.25, 0.3) is 0 Å². The Morgan fingerprint density at radius 1 is 0.900 bits per heavy atom. The van der Waals surface area contributed by atoms with Crippen molar-refractivity contribution in [3.8, 4) is 11.5 Å². The highest BCUT2D eigenvalue weighted by molar-refractivity contribution is 5.89. The molecule has 0 saturated heterocycles. The van der Waals surface area contributed by atoms with Gasteiger partial charge in [0.2, 0.25) is 0 Å². The quantitative estimate of drug-likeness (QED) is 0.662. The van der Waals surface area contributed by atoms with E-state index >= 15 is 0 Å². The number of hydrogen-bond donors (Lipinski definition) is 0. The van der Waals surface area contributed by atoms with Crippen molar-refractivity contribution in [1.29, 1.82) is 0 Å². The molecule has 0 bridgehead atoms. The molecule has 0 spiro atoms. The maximum atomic E-state index is 5.42. The summed E-state index contributed by atoms with van der Waals surface area (Å²) in [5, 5.41) is 2.50. The largest absolute Gasteiger partial charge is 0.493 e. The topological polar surface area (TPSA) is 18.5 Å². The first-order chi connectivity index (χ1) is 9.80. The average molecular weight is 272 g/mol. The summed E-state index contributed by atoms with van der Waals surface area (Å²) in [4.78, 5) is 0. The number of hydrogen-bond acceptors (Lipinski definition) is 2. The number of aryl methyl sites for hydroxylation is 1. The van der Waals surface area contributed by atoms with Crippen molar-refractivity contribution in [3.05, 3.63) is 35.9 Å². The molecular weight excluding hydrogens is 248 g/mol. The minimum Gasteiger partial charge on any atom is -0.493 e. The average Bonchev–Trinajstić information content (AvgIpc) is 2.50. The van der Waals surface area contributed by atoms with Crippen LogP contribution in [0.3, 0.4) is 0 Å². The fourth-order valence-corrected chi connectivity index (χ4v) is 2.63. The normalized spacial score (nSPS) is 10.8. The monoisotopic (exact) mass is 272 g/mol. The van der Waals surface area contributed by atoms with E-state index in [1.807, 2.05) is 0 Å².